The molecule has 2 aromatic carbocycles. The van der Waals surface area contributed by atoms with Gasteiger partial charge in [0.1, 0.15) is 29.9 Å². The fourth-order valence-corrected chi connectivity index (χ4v) is 1.83. The van der Waals surface area contributed by atoms with Crippen molar-refractivity contribution in [1.82, 2.24) is 0 Å². The summed E-state index contributed by atoms with van der Waals surface area (Å²) < 4.78 is 15.6. The van der Waals surface area contributed by atoms with Crippen LogP contribution >= 0.6 is 0 Å². The summed E-state index contributed by atoms with van der Waals surface area (Å²) in [5.41, 5.74) is 0.993. The van der Waals surface area contributed by atoms with Crippen molar-refractivity contribution in [2.45, 2.75) is 6.10 Å². The summed E-state index contributed by atoms with van der Waals surface area (Å²) in [4.78, 5) is 0.579. The minimum absolute atomic E-state index is 0.209. The Morgan fingerprint density at radius 1 is 1.14 bits per heavy atom. The molecule has 1 unspecified atom stereocenters. The van der Waals surface area contributed by atoms with Crippen molar-refractivity contribution in [1.29, 1.82) is 0 Å². The van der Waals surface area contributed by atoms with Crippen molar-refractivity contribution in [3.63, 3.8) is 0 Å². The number of hydrogen-bond acceptors (Lipinski definition) is 5. The molecule has 0 saturated carbocycles. The van der Waals surface area contributed by atoms with Gasteiger partial charge in [0.05, 0.1) is 13.7 Å². The molecule has 6 heteroatoms. The van der Waals surface area contributed by atoms with E-state index in [9.17, 15) is 5.21 Å². The maximum absolute atomic E-state index is 12.0. The van der Waals surface area contributed by atoms with Gasteiger partial charge in [-0.25, -0.2) is 0 Å². The molecule has 0 N–H and O–H groups in total. The van der Waals surface area contributed by atoms with E-state index >= 15 is 0 Å². The van der Waals surface area contributed by atoms with Gasteiger partial charge < -0.3 is 19.4 Å². The average Bonchev–Trinajstić information content (AvgIpc) is 3.38. The molecule has 1 aliphatic heterocycles. The molecule has 0 amide bonds. The fourth-order valence-electron chi connectivity index (χ4n) is 1.83. The molecular formula is C16H16N2O4. The van der Waals surface area contributed by atoms with E-state index < -0.39 is 0 Å². The van der Waals surface area contributed by atoms with Crippen LogP contribution in [0.4, 0.5) is 11.4 Å². The molecule has 1 atom stereocenters. The van der Waals surface area contributed by atoms with Gasteiger partial charge in [-0.2, -0.15) is 0 Å². The van der Waals surface area contributed by atoms with E-state index in [1.165, 1.54) is 0 Å². The summed E-state index contributed by atoms with van der Waals surface area (Å²) in [6.45, 7) is 1.30. The highest BCUT2D eigenvalue weighted by Gasteiger charge is 2.23. The van der Waals surface area contributed by atoms with Crippen LogP contribution in [0.25, 0.3) is 0 Å². The number of hydrogen-bond donors (Lipinski definition) is 0. The number of azo groups is 1. The van der Waals surface area contributed by atoms with E-state index in [0.717, 1.165) is 12.4 Å². The van der Waals surface area contributed by atoms with Crippen molar-refractivity contribution < 1.29 is 19.1 Å². The van der Waals surface area contributed by atoms with Crippen molar-refractivity contribution in [3.8, 4) is 11.5 Å². The lowest BCUT2D eigenvalue weighted by Gasteiger charge is -2.04. The van der Waals surface area contributed by atoms with Crippen LogP contribution in [-0.2, 0) is 4.74 Å². The molecule has 6 nitrogen and oxygen atoms in total. The van der Waals surface area contributed by atoms with E-state index in [1.807, 2.05) is 0 Å². The molecule has 0 radical (unpaired) electrons. The monoisotopic (exact) mass is 300 g/mol. The maximum Gasteiger partial charge on any atom is 0.245 e. The lowest BCUT2D eigenvalue weighted by atomic mass is 10.3. The summed E-state index contributed by atoms with van der Waals surface area (Å²) in [5.74, 6) is 1.43. The van der Waals surface area contributed by atoms with E-state index in [-0.39, 0.29) is 6.10 Å². The van der Waals surface area contributed by atoms with Gasteiger partial charge in [0.15, 0.2) is 0 Å². The second kappa shape index (κ2) is 6.44. The van der Waals surface area contributed by atoms with Crippen LogP contribution < -0.4 is 9.47 Å². The minimum atomic E-state index is 0.209. The first kappa shape index (κ1) is 14.3. The molecule has 1 fully saturated rings. The van der Waals surface area contributed by atoms with E-state index in [1.54, 1.807) is 55.6 Å². The highest BCUT2D eigenvalue weighted by molar-refractivity contribution is 5.41. The van der Waals surface area contributed by atoms with E-state index in [4.69, 9.17) is 14.2 Å². The number of epoxide rings is 1. The predicted molar refractivity (Wildman–Crippen MR) is 80.0 cm³/mol. The number of methoxy groups -OCH3 is 1. The number of nitrogens with zero attached hydrogens (tertiary/aromatic N) is 2. The summed E-state index contributed by atoms with van der Waals surface area (Å²) >= 11 is 0. The number of ether oxygens (including phenoxy) is 3. The van der Waals surface area contributed by atoms with Gasteiger partial charge in [0.25, 0.3) is 0 Å². The van der Waals surface area contributed by atoms with Crippen LogP contribution in [0.15, 0.2) is 53.6 Å². The largest absolute Gasteiger partial charge is 0.594 e. The van der Waals surface area contributed by atoms with Crippen LogP contribution in [0.3, 0.4) is 0 Å². The lowest BCUT2D eigenvalue weighted by Crippen LogP contribution is -2.03. The van der Waals surface area contributed by atoms with E-state index in [2.05, 4.69) is 5.11 Å². The molecule has 0 bridgehead atoms. The van der Waals surface area contributed by atoms with Gasteiger partial charge in [-0.3, -0.25) is 0 Å². The molecule has 0 spiro atoms. The third-order valence-corrected chi connectivity index (χ3v) is 3.17. The summed E-state index contributed by atoms with van der Waals surface area (Å²) in [5, 5.41) is 16.0. The SMILES string of the molecule is COc1ccc(N=[N+]([O-])c2ccc(OCC3CO3)cc2)cc1. The Labute approximate surface area is 128 Å². The molecule has 3 rings (SSSR count). The third kappa shape index (κ3) is 3.73. The van der Waals surface area contributed by atoms with Crippen molar-refractivity contribution in [3.05, 3.63) is 53.7 Å². The lowest BCUT2D eigenvalue weighted by molar-refractivity contribution is -0.435. The summed E-state index contributed by atoms with van der Waals surface area (Å²) in [6, 6.07) is 13.8. The average molecular weight is 300 g/mol. The highest BCUT2D eigenvalue weighted by Crippen LogP contribution is 2.23. The van der Waals surface area contributed by atoms with Crippen LogP contribution in [-0.4, -0.2) is 31.3 Å². The molecule has 0 aliphatic carbocycles. The van der Waals surface area contributed by atoms with Gasteiger partial charge in [-0.15, -0.1) is 0 Å². The first-order valence-corrected chi connectivity index (χ1v) is 6.92. The normalized spacial score (nSPS) is 17.1. The second-order valence-electron chi connectivity index (χ2n) is 4.83. The van der Waals surface area contributed by atoms with Crippen molar-refractivity contribution in [2.24, 2.45) is 5.11 Å². The standard InChI is InChI=1S/C16H16N2O4/c1-20-14-6-2-12(3-7-14)17-18(19)13-4-8-15(9-5-13)21-10-16-11-22-16/h2-9,16H,10-11H2,1H3. The Morgan fingerprint density at radius 2 is 1.77 bits per heavy atom. The second-order valence-corrected chi connectivity index (χ2v) is 4.83. The Hall–Kier alpha value is -2.60. The highest BCUT2D eigenvalue weighted by atomic mass is 16.6. The van der Waals surface area contributed by atoms with E-state index in [0.29, 0.717) is 28.6 Å². The van der Waals surface area contributed by atoms with Crippen LogP contribution in [0.5, 0.6) is 11.5 Å². The van der Waals surface area contributed by atoms with Crippen molar-refractivity contribution in [2.75, 3.05) is 20.3 Å². The quantitative estimate of drug-likeness (QED) is 0.355. The molecule has 1 heterocycles. The Kier molecular flexibility index (Phi) is 4.20. The third-order valence-electron chi connectivity index (χ3n) is 3.17. The van der Waals surface area contributed by atoms with Gasteiger partial charge in [-0.05, 0) is 36.4 Å². The first-order valence-electron chi connectivity index (χ1n) is 6.92. The molecule has 2 aromatic rings. The zero-order valence-electron chi connectivity index (χ0n) is 12.1. The molecule has 0 aromatic heterocycles. The number of rotatable bonds is 6. The Morgan fingerprint density at radius 3 is 2.36 bits per heavy atom. The summed E-state index contributed by atoms with van der Waals surface area (Å²) in [6.07, 6.45) is 0.209. The van der Waals surface area contributed by atoms with Gasteiger partial charge in [0, 0.05) is 17.2 Å². The maximum atomic E-state index is 12.0. The Bertz CT molecular complexity index is 649. The smallest absolute Gasteiger partial charge is 0.245 e. The molecule has 22 heavy (non-hydrogen) atoms. The molecule has 1 aliphatic rings. The minimum Gasteiger partial charge on any atom is -0.594 e. The van der Waals surface area contributed by atoms with Crippen LogP contribution in [0.2, 0.25) is 0 Å². The Balaban J connectivity index is 1.66. The predicted octanol–water partition coefficient (Wildman–Crippen LogP) is 3.40. The zero-order chi connectivity index (χ0) is 15.4. The topological polar surface area (TPSA) is 69.4 Å². The molecular weight excluding hydrogens is 284 g/mol. The van der Waals surface area contributed by atoms with Crippen molar-refractivity contribution >= 4 is 11.4 Å². The van der Waals surface area contributed by atoms with Gasteiger partial charge >= 0.3 is 0 Å². The zero-order valence-corrected chi connectivity index (χ0v) is 12.1. The van der Waals surface area contributed by atoms with Gasteiger partial charge in [-0.1, -0.05) is 4.86 Å². The fraction of sp³-hybridized carbons (Fsp3) is 0.250. The van der Waals surface area contributed by atoms with Gasteiger partial charge in [0.2, 0.25) is 5.69 Å². The number of benzene rings is 2. The summed E-state index contributed by atoms with van der Waals surface area (Å²) in [7, 11) is 1.59. The molecule has 114 valence electrons. The van der Waals surface area contributed by atoms with Crippen LogP contribution in [0, 0.1) is 5.21 Å². The first-order chi connectivity index (χ1) is 10.7. The van der Waals surface area contributed by atoms with Crippen LogP contribution in [0.1, 0.15) is 0 Å². The molecule has 1 saturated heterocycles.